The van der Waals surface area contributed by atoms with Crippen LogP contribution >= 0.6 is 23.5 Å². The topological polar surface area (TPSA) is 17.1 Å². The third kappa shape index (κ3) is 3.10. The maximum Gasteiger partial charge on any atom is 0.191 e. The molecule has 0 aromatic heterocycles. The highest BCUT2D eigenvalue weighted by molar-refractivity contribution is 8.02. The molecule has 1 nitrogen and oxygen atoms in total. The fourth-order valence-corrected chi connectivity index (χ4v) is 3.96. The van der Waals surface area contributed by atoms with E-state index in [-0.39, 0.29) is 11.6 Å². The number of aryl methyl sites for hydroxylation is 1. The first-order chi connectivity index (χ1) is 10.5. The number of hydrogen-bond acceptors (Lipinski definition) is 3. The molecule has 1 heterocycles. The molecule has 5 heteroatoms. The number of carbonyl (C=O) groups is 1. The summed E-state index contributed by atoms with van der Waals surface area (Å²) < 4.78 is 26.8. The Kier molecular flexibility index (Phi) is 4.36. The summed E-state index contributed by atoms with van der Waals surface area (Å²) in [5.41, 5.74) is 1.60. The lowest BCUT2D eigenvalue weighted by Crippen LogP contribution is -2.12. The molecule has 0 fully saturated rings. The van der Waals surface area contributed by atoms with Crippen molar-refractivity contribution < 1.29 is 13.6 Å². The molecule has 22 heavy (non-hydrogen) atoms. The van der Waals surface area contributed by atoms with Gasteiger partial charge in [-0.2, -0.15) is 0 Å². The van der Waals surface area contributed by atoms with Crippen molar-refractivity contribution in [3.05, 3.63) is 70.1 Å². The van der Waals surface area contributed by atoms with E-state index < -0.39 is 5.82 Å². The standard InChI is InChI=1S/C17H12F2OS2/c1-10-2-4-13(7-15(10)19)21-8-11-9-22-16-5-3-12(18)6-14(16)17(11)20/h2-8H,9H2,1H3. The molecule has 0 unspecified atom stereocenters. The molecule has 0 atom stereocenters. The summed E-state index contributed by atoms with van der Waals surface area (Å²) in [6.07, 6.45) is 0. The first-order valence-corrected chi connectivity index (χ1v) is 8.50. The molecule has 0 amide bonds. The summed E-state index contributed by atoms with van der Waals surface area (Å²) in [6.45, 7) is 1.70. The fraction of sp³-hybridized carbons (Fsp3) is 0.118. The van der Waals surface area contributed by atoms with E-state index in [0.717, 1.165) is 9.79 Å². The minimum absolute atomic E-state index is 0.159. The van der Waals surface area contributed by atoms with Crippen molar-refractivity contribution in [2.45, 2.75) is 16.7 Å². The lowest BCUT2D eigenvalue weighted by atomic mass is 10.1. The van der Waals surface area contributed by atoms with E-state index in [1.54, 1.807) is 24.5 Å². The van der Waals surface area contributed by atoms with E-state index >= 15 is 0 Å². The lowest BCUT2D eigenvalue weighted by molar-refractivity contribution is 0.103. The molecule has 0 saturated carbocycles. The van der Waals surface area contributed by atoms with Crippen molar-refractivity contribution in [3.63, 3.8) is 0 Å². The molecule has 0 radical (unpaired) electrons. The van der Waals surface area contributed by atoms with Crippen LogP contribution in [-0.4, -0.2) is 11.5 Å². The molecule has 0 aliphatic carbocycles. The third-order valence-corrected chi connectivity index (χ3v) is 5.39. The van der Waals surface area contributed by atoms with Gasteiger partial charge in [0.2, 0.25) is 0 Å². The van der Waals surface area contributed by atoms with Crippen molar-refractivity contribution in [1.82, 2.24) is 0 Å². The van der Waals surface area contributed by atoms with Gasteiger partial charge in [0.05, 0.1) is 0 Å². The highest BCUT2D eigenvalue weighted by Gasteiger charge is 2.22. The average Bonchev–Trinajstić information content (AvgIpc) is 2.50. The molecule has 112 valence electrons. The smallest absolute Gasteiger partial charge is 0.191 e. The minimum atomic E-state index is -0.415. The predicted molar refractivity (Wildman–Crippen MR) is 86.5 cm³/mol. The van der Waals surface area contributed by atoms with Crippen LogP contribution < -0.4 is 0 Å². The van der Waals surface area contributed by atoms with E-state index in [2.05, 4.69) is 0 Å². The number of Topliss-reactive ketones (excluding diaryl/α,β-unsaturated/α-hetero) is 1. The summed E-state index contributed by atoms with van der Waals surface area (Å²) in [7, 11) is 0. The van der Waals surface area contributed by atoms with Crippen molar-refractivity contribution in [3.8, 4) is 0 Å². The normalized spacial score (nSPS) is 16.0. The lowest BCUT2D eigenvalue weighted by Gasteiger charge is -2.16. The predicted octanol–water partition coefficient (Wildman–Crippen LogP) is 5.24. The van der Waals surface area contributed by atoms with Gasteiger partial charge in [0, 0.05) is 26.7 Å². The molecular weight excluding hydrogens is 322 g/mol. The van der Waals surface area contributed by atoms with E-state index in [0.29, 0.717) is 22.5 Å². The Bertz CT molecular complexity index is 784. The maximum atomic E-state index is 13.5. The largest absolute Gasteiger partial charge is 0.289 e. The summed E-state index contributed by atoms with van der Waals surface area (Å²) in [5.74, 6) is -0.297. The summed E-state index contributed by atoms with van der Waals surface area (Å²) in [5, 5.41) is 1.73. The van der Waals surface area contributed by atoms with Crippen LogP contribution in [0.4, 0.5) is 8.78 Å². The van der Waals surface area contributed by atoms with Crippen molar-refractivity contribution >= 4 is 29.3 Å². The van der Waals surface area contributed by atoms with Gasteiger partial charge in [-0.05, 0) is 48.2 Å². The van der Waals surface area contributed by atoms with Crippen LogP contribution in [0.25, 0.3) is 0 Å². The molecular formula is C17H12F2OS2. The van der Waals surface area contributed by atoms with Gasteiger partial charge in [-0.15, -0.1) is 11.8 Å². The number of carbonyl (C=O) groups excluding carboxylic acids is 1. The minimum Gasteiger partial charge on any atom is -0.289 e. The van der Waals surface area contributed by atoms with Gasteiger partial charge in [0.15, 0.2) is 5.78 Å². The second-order valence-electron chi connectivity index (χ2n) is 4.93. The quantitative estimate of drug-likeness (QED) is 0.552. The van der Waals surface area contributed by atoms with Crippen LogP contribution in [0.15, 0.2) is 57.2 Å². The zero-order valence-corrected chi connectivity index (χ0v) is 13.4. The number of benzene rings is 2. The maximum absolute atomic E-state index is 13.5. The number of thioether (sulfide) groups is 2. The number of rotatable bonds is 2. The highest BCUT2D eigenvalue weighted by atomic mass is 32.2. The Morgan fingerprint density at radius 2 is 2.00 bits per heavy atom. The summed E-state index contributed by atoms with van der Waals surface area (Å²) in [4.78, 5) is 13.9. The second-order valence-corrected chi connectivity index (χ2v) is 6.89. The van der Waals surface area contributed by atoms with Gasteiger partial charge < -0.3 is 0 Å². The Morgan fingerprint density at radius 3 is 2.77 bits per heavy atom. The number of halogens is 2. The van der Waals surface area contributed by atoms with E-state index in [1.807, 2.05) is 6.07 Å². The fourth-order valence-electron chi connectivity index (χ4n) is 2.07. The van der Waals surface area contributed by atoms with Gasteiger partial charge in [-0.1, -0.05) is 17.8 Å². The van der Waals surface area contributed by atoms with Gasteiger partial charge in [-0.25, -0.2) is 8.78 Å². The molecule has 2 aromatic carbocycles. The van der Waals surface area contributed by atoms with Gasteiger partial charge in [-0.3, -0.25) is 4.79 Å². The number of hydrogen-bond donors (Lipinski definition) is 0. The second kappa shape index (κ2) is 6.26. The first-order valence-electron chi connectivity index (χ1n) is 6.63. The van der Waals surface area contributed by atoms with Gasteiger partial charge in [0.1, 0.15) is 11.6 Å². The van der Waals surface area contributed by atoms with Crippen molar-refractivity contribution in [2.24, 2.45) is 0 Å². The highest BCUT2D eigenvalue weighted by Crippen LogP contribution is 2.35. The van der Waals surface area contributed by atoms with Crippen molar-refractivity contribution in [1.29, 1.82) is 0 Å². The number of ketones is 1. The van der Waals surface area contributed by atoms with Crippen LogP contribution in [0.1, 0.15) is 15.9 Å². The van der Waals surface area contributed by atoms with Gasteiger partial charge >= 0.3 is 0 Å². The molecule has 1 aliphatic rings. The Labute approximate surface area is 135 Å². The van der Waals surface area contributed by atoms with Crippen LogP contribution in [0.2, 0.25) is 0 Å². The van der Waals surface area contributed by atoms with Crippen molar-refractivity contribution in [2.75, 3.05) is 5.75 Å². The Hall–Kier alpha value is -1.59. The molecule has 0 N–H and O–H groups in total. The third-order valence-electron chi connectivity index (χ3n) is 3.34. The first kappa shape index (κ1) is 15.3. The molecule has 0 bridgehead atoms. The Morgan fingerprint density at radius 1 is 1.18 bits per heavy atom. The summed E-state index contributed by atoms with van der Waals surface area (Å²) in [6, 6.07) is 9.23. The molecule has 0 spiro atoms. The van der Waals surface area contributed by atoms with Crippen LogP contribution in [-0.2, 0) is 0 Å². The summed E-state index contributed by atoms with van der Waals surface area (Å²) >= 11 is 2.81. The van der Waals surface area contributed by atoms with Crippen LogP contribution in [0.3, 0.4) is 0 Å². The van der Waals surface area contributed by atoms with E-state index in [1.165, 1.54) is 41.7 Å². The zero-order valence-electron chi connectivity index (χ0n) is 11.7. The molecule has 0 saturated heterocycles. The number of fused-ring (bicyclic) bond motifs is 1. The van der Waals surface area contributed by atoms with Gasteiger partial charge in [0.25, 0.3) is 0 Å². The monoisotopic (exact) mass is 334 g/mol. The molecule has 2 aromatic rings. The molecule has 1 aliphatic heterocycles. The van der Waals surface area contributed by atoms with Crippen LogP contribution in [0.5, 0.6) is 0 Å². The molecule has 3 rings (SSSR count). The average molecular weight is 334 g/mol. The van der Waals surface area contributed by atoms with Crippen LogP contribution in [0, 0.1) is 18.6 Å². The van der Waals surface area contributed by atoms with E-state index in [4.69, 9.17) is 0 Å². The zero-order chi connectivity index (χ0) is 15.7. The Balaban J connectivity index is 1.83. The van der Waals surface area contributed by atoms with E-state index in [9.17, 15) is 13.6 Å². The SMILES string of the molecule is Cc1ccc(SC=C2CSc3ccc(F)cc3C2=O)cc1F.